The van der Waals surface area contributed by atoms with Gasteiger partial charge >= 0.3 is 0 Å². The number of thiophene rings is 1. The molecule has 2 N–H and O–H groups in total. The van der Waals surface area contributed by atoms with Gasteiger partial charge in [-0.3, -0.25) is 10.2 Å². The summed E-state index contributed by atoms with van der Waals surface area (Å²) in [5.41, 5.74) is 2.73. The largest absolute Gasteiger partial charge is 0.353 e. The molecule has 1 atom stereocenters. The molecule has 1 aromatic carbocycles. The van der Waals surface area contributed by atoms with Crippen LogP contribution in [0.5, 0.6) is 0 Å². The summed E-state index contributed by atoms with van der Waals surface area (Å²) < 4.78 is 29.9. The van der Waals surface area contributed by atoms with Gasteiger partial charge in [-0.1, -0.05) is 18.2 Å². The molecule has 1 saturated heterocycles. The van der Waals surface area contributed by atoms with Crippen LogP contribution in [-0.2, 0) is 11.3 Å². The number of nitrogens with zero attached hydrogens (tertiary/aromatic N) is 5. The summed E-state index contributed by atoms with van der Waals surface area (Å²) in [7, 11) is 3.90. The number of rotatable bonds is 9. The molecule has 0 aliphatic carbocycles. The number of pyridine rings is 1. The molecule has 4 heterocycles. The van der Waals surface area contributed by atoms with Crippen molar-refractivity contribution in [3.63, 3.8) is 0 Å². The van der Waals surface area contributed by atoms with Crippen LogP contribution in [0.1, 0.15) is 5.56 Å². The van der Waals surface area contributed by atoms with Crippen LogP contribution in [0, 0.1) is 11.8 Å². The second-order valence-electron chi connectivity index (χ2n) is 9.12. The number of aldehydes is 1. The highest BCUT2D eigenvalue weighted by atomic mass is 32.1. The summed E-state index contributed by atoms with van der Waals surface area (Å²) in [6.45, 7) is 3.28. The SMILES string of the molecule is CN(C)Cc1cnc(F)cc1-c1cccc2cc(-c3nc(NCCN4CCNC4C=O)ncc3F)sc12. The first-order valence-electron chi connectivity index (χ1n) is 11.9. The lowest BCUT2D eigenvalue weighted by atomic mass is 10.00. The maximum absolute atomic E-state index is 14.9. The Morgan fingerprint density at radius 2 is 2.08 bits per heavy atom. The van der Waals surface area contributed by atoms with E-state index in [0.717, 1.165) is 52.3 Å². The van der Waals surface area contributed by atoms with Crippen LogP contribution < -0.4 is 10.6 Å². The maximum Gasteiger partial charge on any atom is 0.223 e. The molecule has 0 radical (unpaired) electrons. The van der Waals surface area contributed by atoms with Gasteiger partial charge in [-0.2, -0.15) is 4.39 Å². The van der Waals surface area contributed by atoms with Crippen molar-refractivity contribution >= 4 is 33.7 Å². The molecule has 0 bridgehead atoms. The van der Waals surface area contributed by atoms with E-state index in [4.69, 9.17) is 0 Å². The Bertz CT molecular complexity index is 1430. The molecular weight excluding hydrogens is 496 g/mol. The van der Waals surface area contributed by atoms with E-state index in [9.17, 15) is 13.6 Å². The van der Waals surface area contributed by atoms with Crippen molar-refractivity contribution in [2.75, 3.05) is 45.6 Å². The Morgan fingerprint density at radius 1 is 1.22 bits per heavy atom. The molecular formula is C26H27F2N7OS. The lowest BCUT2D eigenvalue weighted by Gasteiger charge is -2.19. The number of nitrogens with one attached hydrogen (secondary N) is 2. The minimum Gasteiger partial charge on any atom is -0.353 e. The Hall–Kier alpha value is -3.38. The monoisotopic (exact) mass is 523 g/mol. The first kappa shape index (κ1) is 25.3. The minimum atomic E-state index is -0.548. The molecule has 8 nitrogen and oxygen atoms in total. The molecule has 3 aromatic heterocycles. The summed E-state index contributed by atoms with van der Waals surface area (Å²) in [5.74, 6) is -0.756. The van der Waals surface area contributed by atoms with Crippen molar-refractivity contribution in [1.82, 2.24) is 30.1 Å². The zero-order valence-electron chi connectivity index (χ0n) is 20.5. The molecule has 192 valence electrons. The first-order valence-corrected chi connectivity index (χ1v) is 12.8. The van der Waals surface area contributed by atoms with Crippen molar-refractivity contribution in [2.45, 2.75) is 12.7 Å². The fraction of sp³-hybridized carbons (Fsp3) is 0.308. The van der Waals surface area contributed by atoms with Crippen LogP contribution in [0.3, 0.4) is 0 Å². The van der Waals surface area contributed by atoms with Gasteiger partial charge in [-0.25, -0.2) is 19.3 Å². The number of benzene rings is 1. The number of fused-ring (bicyclic) bond motifs is 1. The van der Waals surface area contributed by atoms with Gasteiger partial charge in [0.05, 0.1) is 11.1 Å². The zero-order chi connectivity index (χ0) is 25.9. The van der Waals surface area contributed by atoms with Crippen molar-refractivity contribution in [3.05, 3.63) is 60.1 Å². The smallest absolute Gasteiger partial charge is 0.223 e. The number of hydrogen-bond acceptors (Lipinski definition) is 9. The van der Waals surface area contributed by atoms with Gasteiger partial charge in [-0.15, -0.1) is 11.3 Å². The molecule has 1 fully saturated rings. The predicted molar refractivity (Wildman–Crippen MR) is 141 cm³/mol. The molecule has 4 aromatic rings. The summed E-state index contributed by atoms with van der Waals surface area (Å²) in [5, 5.41) is 7.16. The molecule has 0 saturated carbocycles. The quantitative estimate of drug-likeness (QED) is 0.254. The Kier molecular flexibility index (Phi) is 7.47. The number of halogens is 2. The second-order valence-corrected chi connectivity index (χ2v) is 10.2. The Morgan fingerprint density at radius 3 is 2.89 bits per heavy atom. The number of carbonyl (C=O) groups excluding carboxylic acids is 1. The second kappa shape index (κ2) is 10.9. The molecule has 1 aliphatic rings. The van der Waals surface area contributed by atoms with E-state index in [-0.39, 0.29) is 11.9 Å². The van der Waals surface area contributed by atoms with E-state index in [2.05, 4.69) is 25.6 Å². The highest BCUT2D eigenvalue weighted by molar-refractivity contribution is 7.22. The van der Waals surface area contributed by atoms with E-state index in [0.29, 0.717) is 30.5 Å². The lowest BCUT2D eigenvalue weighted by molar-refractivity contribution is -0.112. The van der Waals surface area contributed by atoms with Crippen LogP contribution >= 0.6 is 11.3 Å². The van der Waals surface area contributed by atoms with Crippen molar-refractivity contribution in [3.8, 4) is 21.7 Å². The Labute approximate surface area is 217 Å². The van der Waals surface area contributed by atoms with Gasteiger partial charge in [0.1, 0.15) is 11.9 Å². The minimum absolute atomic E-state index is 0.202. The molecule has 1 unspecified atom stereocenters. The third-order valence-electron chi connectivity index (χ3n) is 6.21. The third kappa shape index (κ3) is 5.49. The highest BCUT2D eigenvalue weighted by Gasteiger charge is 2.22. The molecule has 1 aliphatic heterocycles. The fourth-order valence-electron chi connectivity index (χ4n) is 4.51. The number of carbonyl (C=O) groups is 1. The van der Waals surface area contributed by atoms with Gasteiger partial charge in [-0.05, 0) is 36.7 Å². The fourth-order valence-corrected chi connectivity index (χ4v) is 5.69. The van der Waals surface area contributed by atoms with Crippen molar-refractivity contribution in [2.24, 2.45) is 0 Å². The number of aromatic nitrogens is 3. The highest BCUT2D eigenvalue weighted by Crippen LogP contribution is 2.40. The van der Waals surface area contributed by atoms with E-state index in [1.54, 1.807) is 6.20 Å². The topological polar surface area (TPSA) is 86.3 Å². The maximum atomic E-state index is 14.9. The first-order chi connectivity index (χ1) is 17.9. The molecule has 0 amide bonds. The summed E-state index contributed by atoms with van der Waals surface area (Å²) in [6.07, 6.45) is 3.33. The number of anilines is 1. The van der Waals surface area contributed by atoms with Crippen LogP contribution in [0.2, 0.25) is 0 Å². The normalized spacial score (nSPS) is 16.1. The van der Waals surface area contributed by atoms with E-state index in [1.807, 2.05) is 48.2 Å². The summed E-state index contributed by atoms with van der Waals surface area (Å²) >= 11 is 1.41. The third-order valence-corrected chi connectivity index (χ3v) is 7.40. The van der Waals surface area contributed by atoms with Gasteiger partial charge in [0.2, 0.25) is 11.9 Å². The predicted octanol–water partition coefficient (Wildman–Crippen LogP) is 3.60. The summed E-state index contributed by atoms with van der Waals surface area (Å²) in [6, 6.07) is 9.15. The van der Waals surface area contributed by atoms with Gasteiger partial charge in [0.25, 0.3) is 0 Å². The molecule has 0 spiro atoms. The van der Waals surface area contributed by atoms with Crippen molar-refractivity contribution in [1.29, 1.82) is 0 Å². The standard InChI is InChI=1S/C26H27F2N7OS/c1-34(2)14-17-12-31-22(28)11-19(17)18-5-3-4-16-10-21(37-25(16)18)24-20(27)13-32-26(33-24)30-7-9-35-8-6-29-23(35)15-36/h3-5,10-13,15,23,29H,6-9,14H2,1-2H3,(H,30,32,33). The van der Waals surface area contributed by atoms with Crippen LogP contribution in [0.4, 0.5) is 14.7 Å². The van der Waals surface area contributed by atoms with Gasteiger partial charge < -0.3 is 15.0 Å². The number of hydrogen-bond donors (Lipinski definition) is 2. The van der Waals surface area contributed by atoms with Gasteiger partial charge in [0.15, 0.2) is 12.1 Å². The Balaban J connectivity index is 1.44. The summed E-state index contributed by atoms with van der Waals surface area (Å²) in [4.78, 5) is 28.2. The zero-order valence-corrected chi connectivity index (χ0v) is 21.4. The van der Waals surface area contributed by atoms with Crippen molar-refractivity contribution < 1.29 is 13.6 Å². The van der Waals surface area contributed by atoms with Gasteiger partial charge in [0, 0.05) is 55.3 Å². The van der Waals surface area contributed by atoms with E-state index >= 15 is 0 Å². The molecule has 11 heteroatoms. The van der Waals surface area contributed by atoms with E-state index in [1.165, 1.54) is 17.4 Å². The average molecular weight is 524 g/mol. The molecule has 5 rings (SSSR count). The van der Waals surface area contributed by atoms with Crippen LogP contribution in [-0.4, -0.2) is 77.5 Å². The van der Waals surface area contributed by atoms with E-state index < -0.39 is 11.8 Å². The lowest BCUT2D eigenvalue weighted by Crippen LogP contribution is -2.39. The van der Waals surface area contributed by atoms with Crippen LogP contribution in [0.15, 0.2) is 42.7 Å². The van der Waals surface area contributed by atoms with Crippen LogP contribution in [0.25, 0.3) is 31.8 Å². The average Bonchev–Trinajstić information content (AvgIpc) is 3.52. The molecule has 37 heavy (non-hydrogen) atoms.